The van der Waals surface area contributed by atoms with Gasteiger partial charge in [-0.05, 0) is 0 Å². The first-order valence-corrected chi connectivity index (χ1v) is 5.42. The lowest BCUT2D eigenvalue weighted by Gasteiger charge is -2.16. The van der Waals surface area contributed by atoms with E-state index in [0.717, 1.165) is 4.90 Å². The number of rotatable bonds is 6. The fraction of sp³-hybridized carbons (Fsp3) is 0.700. The van der Waals surface area contributed by atoms with E-state index in [9.17, 15) is 14.4 Å². The molecule has 3 N–H and O–H groups in total. The third-order valence-electron chi connectivity index (χ3n) is 2.52. The van der Waals surface area contributed by atoms with E-state index in [-0.39, 0.29) is 50.8 Å². The summed E-state index contributed by atoms with van der Waals surface area (Å²) in [6.07, 6.45) is 0.390. The summed E-state index contributed by atoms with van der Waals surface area (Å²) in [5.74, 6) is -0.932. The van der Waals surface area contributed by atoms with Gasteiger partial charge in [0.05, 0.1) is 19.3 Å². The van der Waals surface area contributed by atoms with Crippen molar-refractivity contribution in [1.82, 2.24) is 10.2 Å². The molecule has 0 aromatic rings. The summed E-state index contributed by atoms with van der Waals surface area (Å²) < 4.78 is 0. The van der Waals surface area contributed by atoms with Crippen LogP contribution in [0, 0.1) is 0 Å². The van der Waals surface area contributed by atoms with E-state index in [1.54, 1.807) is 0 Å². The fourth-order valence-corrected chi connectivity index (χ4v) is 1.53. The number of nitrogens with one attached hydrogen (secondary N) is 1. The molecule has 3 amide bonds. The molecule has 0 aliphatic carbocycles. The molecular formula is C10H16N2O5. The standard InChI is InChI=1S/C10H16N2O5/c13-5-7(6-14)11-8(15)3-4-12-9(16)1-2-10(12)17/h7,13-14H,1-6H2,(H,11,15). The first kappa shape index (κ1) is 13.6. The van der Waals surface area contributed by atoms with Gasteiger partial charge in [-0.25, -0.2) is 0 Å². The summed E-state index contributed by atoms with van der Waals surface area (Å²) in [6, 6.07) is -0.701. The van der Waals surface area contributed by atoms with Crippen molar-refractivity contribution >= 4 is 17.7 Å². The molecule has 0 atom stereocenters. The van der Waals surface area contributed by atoms with Gasteiger partial charge < -0.3 is 15.5 Å². The molecular weight excluding hydrogens is 228 g/mol. The van der Waals surface area contributed by atoms with Crippen LogP contribution in [0.15, 0.2) is 0 Å². The monoisotopic (exact) mass is 244 g/mol. The maximum absolute atomic E-state index is 11.4. The number of hydrogen-bond donors (Lipinski definition) is 3. The highest BCUT2D eigenvalue weighted by Crippen LogP contribution is 2.11. The maximum atomic E-state index is 11.4. The third-order valence-corrected chi connectivity index (χ3v) is 2.52. The molecule has 1 aliphatic rings. The van der Waals surface area contributed by atoms with E-state index in [4.69, 9.17) is 10.2 Å². The number of carbonyl (C=O) groups excluding carboxylic acids is 3. The highest BCUT2D eigenvalue weighted by molar-refractivity contribution is 6.02. The van der Waals surface area contributed by atoms with Gasteiger partial charge in [-0.3, -0.25) is 19.3 Å². The Morgan fingerprint density at radius 1 is 1.24 bits per heavy atom. The van der Waals surface area contributed by atoms with Gasteiger partial charge in [0.25, 0.3) is 0 Å². The number of aliphatic hydroxyl groups excluding tert-OH is 2. The van der Waals surface area contributed by atoms with Gasteiger partial charge in [-0.2, -0.15) is 0 Å². The molecule has 1 rings (SSSR count). The van der Waals surface area contributed by atoms with Crippen molar-refractivity contribution in [3.8, 4) is 0 Å². The Hall–Kier alpha value is -1.47. The highest BCUT2D eigenvalue weighted by Gasteiger charge is 2.28. The fourth-order valence-electron chi connectivity index (χ4n) is 1.53. The number of hydrogen-bond acceptors (Lipinski definition) is 5. The van der Waals surface area contributed by atoms with Crippen LogP contribution in [-0.4, -0.2) is 58.6 Å². The first-order chi connectivity index (χ1) is 8.08. The molecule has 7 nitrogen and oxygen atoms in total. The van der Waals surface area contributed by atoms with Crippen LogP contribution in [0.3, 0.4) is 0 Å². The highest BCUT2D eigenvalue weighted by atomic mass is 16.3. The molecule has 1 saturated heterocycles. The Kier molecular flexibility index (Phi) is 5.05. The Bertz CT molecular complexity index is 298. The van der Waals surface area contributed by atoms with Gasteiger partial charge in [0.15, 0.2) is 0 Å². The van der Waals surface area contributed by atoms with E-state index in [1.807, 2.05) is 0 Å². The summed E-state index contributed by atoms with van der Waals surface area (Å²) >= 11 is 0. The quantitative estimate of drug-likeness (QED) is 0.468. The largest absolute Gasteiger partial charge is 0.394 e. The number of carbonyl (C=O) groups is 3. The van der Waals surface area contributed by atoms with Crippen LogP contribution in [0.4, 0.5) is 0 Å². The molecule has 0 radical (unpaired) electrons. The average molecular weight is 244 g/mol. The lowest BCUT2D eigenvalue weighted by Crippen LogP contribution is -2.42. The van der Waals surface area contributed by atoms with Crippen LogP contribution < -0.4 is 5.32 Å². The molecule has 0 aromatic carbocycles. The molecule has 0 spiro atoms. The van der Waals surface area contributed by atoms with Crippen molar-refractivity contribution in [3.05, 3.63) is 0 Å². The summed E-state index contributed by atoms with van der Waals surface area (Å²) in [5, 5.41) is 19.9. The second-order valence-corrected chi connectivity index (χ2v) is 3.82. The average Bonchev–Trinajstić information content (AvgIpc) is 2.63. The molecule has 0 aromatic heterocycles. The van der Waals surface area contributed by atoms with Crippen molar-refractivity contribution in [2.45, 2.75) is 25.3 Å². The summed E-state index contributed by atoms with van der Waals surface area (Å²) in [5.41, 5.74) is 0. The Balaban J connectivity index is 2.32. The predicted octanol–water partition coefficient (Wildman–Crippen LogP) is -2.01. The summed E-state index contributed by atoms with van der Waals surface area (Å²) in [7, 11) is 0. The summed E-state index contributed by atoms with van der Waals surface area (Å²) in [4.78, 5) is 34.9. The van der Waals surface area contributed by atoms with Crippen molar-refractivity contribution in [2.24, 2.45) is 0 Å². The zero-order valence-electron chi connectivity index (χ0n) is 9.39. The van der Waals surface area contributed by atoms with Gasteiger partial charge in [0.2, 0.25) is 17.7 Å². The molecule has 0 unspecified atom stereocenters. The predicted molar refractivity (Wildman–Crippen MR) is 56.7 cm³/mol. The van der Waals surface area contributed by atoms with Crippen LogP contribution in [0.25, 0.3) is 0 Å². The van der Waals surface area contributed by atoms with Crippen LogP contribution in [0.2, 0.25) is 0 Å². The molecule has 96 valence electrons. The Morgan fingerprint density at radius 3 is 2.24 bits per heavy atom. The second-order valence-electron chi connectivity index (χ2n) is 3.82. The van der Waals surface area contributed by atoms with Gasteiger partial charge >= 0.3 is 0 Å². The van der Waals surface area contributed by atoms with E-state index >= 15 is 0 Å². The van der Waals surface area contributed by atoms with Gasteiger partial charge in [0.1, 0.15) is 0 Å². The van der Waals surface area contributed by atoms with Crippen molar-refractivity contribution in [2.75, 3.05) is 19.8 Å². The maximum Gasteiger partial charge on any atom is 0.229 e. The number of amides is 3. The molecule has 17 heavy (non-hydrogen) atoms. The molecule has 1 fully saturated rings. The molecule has 0 bridgehead atoms. The molecule has 1 aliphatic heterocycles. The van der Waals surface area contributed by atoms with Crippen molar-refractivity contribution in [3.63, 3.8) is 0 Å². The van der Waals surface area contributed by atoms with Gasteiger partial charge in [-0.1, -0.05) is 0 Å². The topological polar surface area (TPSA) is 107 Å². The normalized spacial score (nSPS) is 15.8. The van der Waals surface area contributed by atoms with Crippen molar-refractivity contribution in [1.29, 1.82) is 0 Å². The Labute approximate surface area is 98.4 Å². The van der Waals surface area contributed by atoms with E-state index in [0.29, 0.717) is 0 Å². The smallest absolute Gasteiger partial charge is 0.229 e. The van der Waals surface area contributed by atoms with Crippen LogP contribution in [0.5, 0.6) is 0 Å². The first-order valence-electron chi connectivity index (χ1n) is 5.42. The molecule has 7 heteroatoms. The minimum Gasteiger partial charge on any atom is -0.394 e. The third kappa shape index (κ3) is 3.79. The molecule has 0 saturated carbocycles. The summed E-state index contributed by atoms with van der Waals surface area (Å²) in [6.45, 7) is -0.666. The van der Waals surface area contributed by atoms with E-state index < -0.39 is 11.9 Å². The minimum absolute atomic E-state index is 0.0199. The van der Waals surface area contributed by atoms with Crippen LogP contribution >= 0.6 is 0 Å². The van der Waals surface area contributed by atoms with Crippen LogP contribution in [-0.2, 0) is 14.4 Å². The molecule has 1 heterocycles. The number of likely N-dealkylation sites (tertiary alicyclic amines) is 1. The number of aliphatic hydroxyl groups is 2. The van der Waals surface area contributed by atoms with Gasteiger partial charge in [0, 0.05) is 25.8 Å². The van der Waals surface area contributed by atoms with Gasteiger partial charge in [-0.15, -0.1) is 0 Å². The zero-order valence-corrected chi connectivity index (χ0v) is 9.39. The van der Waals surface area contributed by atoms with Crippen molar-refractivity contribution < 1.29 is 24.6 Å². The van der Waals surface area contributed by atoms with E-state index in [1.165, 1.54) is 0 Å². The number of nitrogens with zero attached hydrogens (tertiary/aromatic N) is 1. The second kappa shape index (κ2) is 6.31. The Morgan fingerprint density at radius 2 is 1.76 bits per heavy atom. The number of imide groups is 1. The van der Waals surface area contributed by atoms with E-state index in [2.05, 4.69) is 5.32 Å². The lowest BCUT2D eigenvalue weighted by molar-refractivity contribution is -0.138. The lowest BCUT2D eigenvalue weighted by atomic mass is 10.3. The van der Waals surface area contributed by atoms with Crippen LogP contribution in [0.1, 0.15) is 19.3 Å². The SMILES string of the molecule is O=C(CCN1C(=O)CCC1=O)NC(CO)CO. The zero-order chi connectivity index (χ0) is 12.8. The minimum atomic E-state index is -0.701.